The summed E-state index contributed by atoms with van der Waals surface area (Å²) >= 11 is 0. The molecular formula is C6H8F3NO2. The van der Waals surface area contributed by atoms with Crippen molar-refractivity contribution in [1.29, 1.82) is 0 Å². The number of carboxylic acid groups (broad SMARTS) is 1. The van der Waals surface area contributed by atoms with Crippen molar-refractivity contribution in [2.24, 2.45) is 5.73 Å². The van der Waals surface area contributed by atoms with Crippen LogP contribution >= 0.6 is 0 Å². The fourth-order valence-electron chi connectivity index (χ4n) is 0.517. The van der Waals surface area contributed by atoms with E-state index in [0.29, 0.717) is 6.08 Å². The summed E-state index contributed by atoms with van der Waals surface area (Å²) in [5.41, 5.74) is 4.68. The number of allylic oxidation sites excluding steroid dienone is 1. The van der Waals surface area contributed by atoms with Crippen LogP contribution in [0.5, 0.6) is 0 Å². The van der Waals surface area contributed by atoms with Gasteiger partial charge in [-0.15, -0.1) is 0 Å². The zero-order valence-electron chi connectivity index (χ0n) is 6.06. The van der Waals surface area contributed by atoms with Gasteiger partial charge in [-0.3, -0.25) is 0 Å². The third-order valence-corrected chi connectivity index (χ3v) is 1.01. The molecule has 0 aliphatic rings. The van der Waals surface area contributed by atoms with E-state index in [1.165, 1.54) is 0 Å². The number of carboxylic acids is 1. The smallest absolute Gasteiger partial charge is 0.389 e. The summed E-state index contributed by atoms with van der Waals surface area (Å²) in [6, 6.07) is 0. The van der Waals surface area contributed by atoms with Gasteiger partial charge in [-0.2, -0.15) is 13.2 Å². The Hall–Kier alpha value is -1.20. The Bertz CT molecular complexity index is 197. The van der Waals surface area contributed by atoms with Gasteiger partial charge in [-0.05, 0) is 6.42 Å². The van der Waals surface area contributed by atoms with Crippen molar-refractivity contribution in [3.05, 3.63) is 11.8 Å². The van der Waals surface area contributed by atoms with Crippen molar-refractivity contribution in [3.8, 4) is 0 Å². The number of aliphatic carboxylic acids is 1. The lowest BCUT2D eigenvalue weighted by atomic mass is 10.2. The van der Waals surface area contributed by atoms with Crippen molar-refractivity contribution in [1.82, 2.24) is 0 Å². The average molecular weight is 183 g/mol. The average Bonchev–Trinajstić information content (AvgIpc) is 1.80. The van der Waals surface area contributed by atoms with Gasteiger partial charge in [0.15, 0.2) is 0 Å². The highest BCUT2D eigenvalue weighted by atomic mass is 19.4. The molecule has 3 N–H and O–H groups in total. The van der Waals surface area contributed by atoms with Gasteiger partial charge in [0.2, 0.25) is 0 Å². The highest BCUT2D eigenvalue weighted by Gasteiger charge is 2.26. The fourth-order valence-corrected chi connectivity index (χ4v) is 0.517. The Morgan fingerprint density at radius 1 is 1.50 bits per heavy atom. The first-order valence-corrected chi connectivity index (χ1v) is 3.07. The van der Waals surface area contributed by atoms with Crippen LogP contribution in [0.25, 0.3) is 0 Å². The van der Waals surface area contributed by atoms with Gasteiger partial charge >= 0.3 is 12.1 Å². The Balaban J connectivity index is 3.87. The van der Waals surface area contributed by atoms with Crippen LogP contribution in [0.2, 0.25) is 0 Å². The van der Waals surface area contributed by atoms with E-state index in [-0.39, 0.29) is 5.70 Å². The van der Waals surface area contributed by atoms with E-state index in [0.717, 1.165) is 0 Å². The second-order valence-electron chi connectivity index (χ2n) is 2.17. The number of hydrogen-bond donors (Lipinski definition) is 2. The summed E-state index contributed by atoms with van der Waals surface area (Å²) in [4.78, 5) is 9.90. The SMILES string of the molecule is N/C(=C/C(=O)O)CCC(F)(F)F. The minimum Gasteiger partial charge on any atom is -0.478 e. The van der Waals surface area contributed by atoms with Crippen LogP contribution in [0.1, 0.15) is 12.8 Å². The van der Waals surface area contributed by atoms with Gasteiger partial charge in [0.1, 0.15) is 0 Å². The molecule has 0 unspecified atom stereocenters. The third-order valence-electron chi connectivity index (χ3n) is 1.01. The maximum atomic E-state index is 11.5. The second kappa shape index (κ2) is 3.99. The molecule has 0 saturated heterocycles. The Morgan fingerprint density at radius 3 is 2.33 bits per heavy atom. The van der Waals surface area contributed by atoms with E-state index >= 15 is 0 Å². The van der Waals surface area contributed by atoms with Gasteiger partial charge < -0.3 is 10.8 Å². The molecule has 3 nitrogen and oxygen atoms in total. The van der Waals surface area contributed by atoms with E-state index in [4.69, 9.17) is 10.8 Å². The molecule has 12 heavy (non-hydrogen) atoms. The summed E-state index contributed by atoms with van der Waals surface area (Å²) in [6.07, 6.45) is -5.30. The maximum absolute atomic E-state index is 11.5. The largest absolute Gasteiger partial charge is 0.478 e. The van der Waals surface area contributed by atoms with Crippen LogP contribution in [0.3, 0.4) is 0 Å². The number of nitrogens with two attached hydrogens (primary N) is 1. The molecule has 0 atom stereocenters. The number of hydrogen-bond acceptors (Lipinski definition) is 2. The molecule has 0 amide bonds. The van der Waals surface area contributed by atoms with Crippen molar-refractivity contribution < 1.29 is 23.1 Å². The summed E-state index contributed by atoms with van der Waals surface area (Å²) in [5, 5.41) is 8.08. The lowest BCUT2D eigenvalue weighted by Gasteiger charge is -2.04. The van der Waals surface area contributed by atoms with Crippen molar-refractivity contribution in [2.45, 2.75) is 19.0 Å². The van der Waals surface area contributed by atoms with E-state index in [1.54, 1.807) is 0 Å². The number of rotatable bonds is 3. The van der Waals surface area contributed by atoms with E-state index in [9.17, 15) is 18.0 Å². The number of alkyl halides is 3. The molecule has 0 radical (unpaired) electrons. The minimum absolute atomic E-state index is 0.278. The molecule has 0 aromatic rings. The summed E-state index contributed by atoms with van der Waals surface area (Å²) in [6.45, 7) is 0. The molecule has 0 bridgehead atoms. The Kier molecular flexibility index (Phi) is 3.59. The van der Waals surface area contributed by atoms with Gasteiger partial charge in [-0.25, -0.2) is 4.79 Å². The monoisotopic (exact) mass is 183 g/mol. The molecule has 0 aliphatic heterocycles. The number of carbonyl (C=O) groups is 1. The van der Waals surface area contributed by atoms with E-state index < -0.39 is 25.0 Å². The standard InChI is InChI=1S/C6H8F3NO2/c7-6(8,9)2-1-4(10)3-5(11)12/h3H,1-2,10H2,(H,11,12)/b4-3+. The molecule has 70 valence electrons. The first-order chi connectivity index (χ1) is 5.31. The minimum atomic E-state index is -4.29. The molecule has 6 heteroatoms. The van der Waals surface area contributed by atoms with Gasteiger partial charge in [0.05, 0.1) is 0 Å². The third kappa shape index (κ3) is 6.91. The maximum Gasteiger partial charge on any atom is 0.389 e. The Labute approximate surface area is 66.7 Å². The predicted molar refractivity (Wildman–Crippen MR) is 35.2 cm³/mol. The van der Waals surface area contributed by atoms with Crippen LogP contribution in [-0.2, 0) is 4.79 Å². The summed E-state index contributed by atoms with van der Waals surface area (Å²) in [5.74, 6) is -1.34. The van der Waals surface area contributed by atoms with Crippen LogP contribution < -0.4 is 5.73 Å². The summed E-state index contributed by atoms with van der Waals surface area (Å²) < 4.78 is 34.6. The topological polar surface area (TPSA) is 63.3 Å². The normalized spacial score (nSPS) is 13.1. The first-order valence-electron chi connectivity index (χ1n) is 3.07. The lowest BCUT2D eigenvalue weighted by Crippen LogP contribution is -2.10. The zero-order chi connectivity index (χ0) is 9.78. The highest BCUT2D eigenvalue weighted by molar-refractivity contribution is 5.80. The van der Waals surface area contributed by atoms with Crippen LogP contribution in [0.4, 0.5) is 13.2 Å². The molecule has 0 spiro atoms. The molecule has 0 aliphatic carbocycles. The fraction of sp³-hybridized carbons (Fsp3) is 0.500. The molecule has 0 aromatic heterocycles. The van der Waals surface area contributed by atoms with Crippen molar-refractivity contribution in [2.75, 3.05) is 0 Å². The van der Waals surface area contributed by atoms with Gasteiger partial charge in [0.25, 0.3) is 0 Å². The number of halogens is 3. The molecule has 0 fully saturated rings. The highest BCUT2D eigenvalue weighted by Crippen LogP contribution is 2.22. The van der Waals surface area contributed by atoms with E-state index in [1.807, 2.05) is 0 Å². The molecule has 0 heterocycles. The van der Waals surface area contributed by atoms with E-state index in [2.05, 4.69) is 0 Å². The lowest BCUT2D eigenvalue weighted by molar-refractivity contribution is -0.135. The first kappa shape index (κ1) is 10.8. The molecule has 0 saturated carbocycles. The van der Waals surface area contributed by atoms with Gasteiger partial charge in [0, 0.05) is 18.2 Å². The zero-order valence-corrected chi connectivity index (χ0v) is 6.06. The van der Waals surface area contributed by atoms with Crippen LogP contribution in [0.15, 0.2) is 11.8 Å². The van der Waals surface area contributed by atoms with Gasteiger partial charge in [-0.1, -0.05) is 0 Å². The van der Waals surface area contributed by atoms with Crippen molar-refractivity contribution in [3.63, 3.8) is 0 Å². The van der Waals surface area contributed by atoms with Crippen LogP contribution in [0, 0.1) is 0 Å². The van der Waals surface area contributed by atoms with Crippen molar-refractivity contribution >= 4 is 5.97 Å². The quantitative estimate of drug-likeness (QED) is 0.647. The predicted octanol–water partition coefficient (Wildman–Crippen LogP) is 1.26. The Morgan fingerprint density at radius 2 is 2.00 bits per heavy atom. The molecule has 0 aromatic carbocycles. The summed E-state index contributed by atoms with van der Waals surface area (Å²) in [7, 11) is 0. The molecular weight excluding hydrogens is 175 g/mol. The molecule has 0 rings (SSSR count). The van der Waals surface area contributed by atoms with Crippen LogP contribution in [-0.4, -0.2) is 17.3 Å². The second-order valence-corrected chi connectivity index (χ2v) is 2.17.